The zero-order valence-corrected chi connectivity index (χ0v) is 13.9. The lowest BCUT2D eigenvalue weighted by molar-refractivity contribution is 0.615. The molecule has 1 aromatic heterocycles. The lowest BCUT2D eigenvalue weighted by atomic mass is 9.88. The minimum absolute atomic E-state index is 0.599. The molecule has 0 spiro atoms. The molecule has 0 fully saturated rings. The third-order valence-electron chi connectivity index (χ3n) is 4.02. The van der Waals surface area contributed by atoms with Crippen LogP contribution in [0.15, 0.2) is 84.9 Å². The lowest BCUT2D eigenvalue weighted by Crippen LogP contribution is -2.12. The number of hydrogen-bond acceptors (Lipinski definition) is 4. The molecule has 4 rings (SSSR count). The van der Waals surface area contributed by atoms with Gasteiger partial charge in [-0.15, -0.1) is 0 Å². The Morgan fingerprint density at radius 3 is 1.27 bits per heavy atom. The standard InChI is InChI=1S/C21H15BN3O/c26-22-18-13-11-17(12-14-18)21-24-19(15-7-3-1-4-8-15)23-20(25-21)16-9-5-2-6-10-16/h1-14,26H. The maximum absolute atomic E-state index is 9.12. The summed E-state index contributed by atoms with van der Waals surface area (Å²) in [5.41, 5.74) is 3.48. The molecule has 0 saturated carbocycles. The highest BCUT2D eigenvalue weighted by Gasteiger charge is 2.11. The van der Waals surface area contributed by atoms with Crippen LogP contribution in [0.3, 0.4) is 0 Å². The van der Waals surface area contributed by atoms with Crippen LogP contribution >= 0.6 is 0 Å². The van der Waals surface area contributed by atoms with Crippen molar-refractivity contribution in [2.75, 3.05) is 0 Å². The van der Waals surface area contributed by atoms with Crippen LogP contribution in [0.25, 0.3) is 34.2 Å². The predicted molar refractivity (Wildman–Crippen MR) is 104 cm³/mol. The summed E-state index contributed by atoms with van der Waals surface area (Å²) in [5.74, 6) is 1.86. The Morgan fingerprint density at radius 1 is 0.500 bits per heavy atom. The number of hydrogen-bond donors (Lipinski definition) is 1. The second-order valence-corrected chi connectivity index (χ2v) is 5.79. The van der Waals surface area contributed by atoms with E-state index in [0.29, 0.717) is 17.5 Å². The Kier molecular flexibility index (Phi) is 4.54. The maximum Gasteiger partial charge on any atom is 0.326 e. The van der Waals surface area contributed by atoms with Gasteiger partial charge in [-0.1, -0.05) is 90.4 Å². The van der Waals surface area contributed by atoms with Crippen molar-refractivity contribution in [2.45, 2.75) is 0 Å². The normalized spacial score (nSPS) is 10.5. The highest BCUT2D eigenvalue weighted by molar-refractivity contribution is 6.45. The summed E-state index contributed by atoms with van der Waals surface area (Å²) in [6, 6.07) is 27.2. The number of benzene rings is 3. The summed E-state index contributed by atoms with van der Waals surface area (Å²) in [5, 5.41) is 9.12. The molecule has 0 aliphatic carbocycles. The molecule has 0 aliphatic rings. The van der Waals surface area contributed by atoms with Gasteiger partial charge in [0, 0.05) is 16.7 Å². The van der Waals surface area contributed by atoms with Crippen LogP contribution in [0, 0.1) is 0 Å². The molecule has 0 aliphatic heterocycles. The molecular formula is C21H15BN3O. The van der Waals surface area contributed by atoms with Gasteiger partial charge in [0.1, 0.15) is 0 Å². The van der Waals surface area contributed by atoms with E-state index in [1.807, 2.05) is 84.9 Å². The first kappa shape index (κ1) is 16.2. The topological polar surface area (TPSA) is 58.9 Å². The summed E-state index contributed by atoms with van der Waals surface area (Å²) in [4.78, 5) is 14.0. The van der Waals surface area contributed by atoms with Gasteiger partial charge in [0.25, 0.3) is 0 Å². The van der Waals surface area contributed by atoms with Crippen molar-refractivity contribution in [1.29, 1.82) is 0 Å². The first-order valence-corrected chi connectivity index (χ1v) is 8.28. The van der Waals surface area contributed by atoms with Crippen LogP contribution in [0.4, 0.5) is 0 Å². The van der Waals surface area contributed by atoms with Gasteiger partial charge < -0.3 is 5.02 Å². The molecule has 4 nitrogen and oxygen atoms in total. The third kappa shape index (κ3) is 3.39. The van der Waals surface area contributed by atoms with Crippen molar-refractivity contribution in [1.82, 2.24) is 15.0 Å². The summed E-state index contributed by atoms with van der Waals surface area (Å²) >= 11 is 0. The monoisotopic (exact) mass is 336 g/mol. The fourth-order valence-electron chi connectivity index (χ4n) is 2.66. The van der Waals surface area contributed by atoms with Crippen molar-refractivity contribution in [3.8, 4) is 34.2 Å². The smallest absolute Gasteiger partial charge is 0.326 e. The average molecular weight is 336 g/mol. The Balaban J connectivity index is 1.87. The molecule has 0 saturated heterocycles. The first-order chi connectivity index (χ1) is 12.8. The minimum Gasteiger partial charge on any atom is -0.450 e. The maximum atomic E-state index is 9.12. The van der Waals surface area contributed by atoms with E-state index < -0.39 is 0 Å². The van der Waals surface area contributed by atoms with Gasteiger partial charge in [0.15, 0.2) is 17.5 Å². The second-order valence-electron chi connectivity index (χ2n) is 5.79. The van der Waals surface area contributed by atoms with E-state index in [0.717, 1.165) is 29.6 Å². The second kappa shape index (κ2) is 7.29. The molecule has 1 heterocycles. The molecule has 0 bridgehead atoms. The van der Waals surface area contributed by atoms with Crippen molar-refractivity contribution >= 4 is 12.9 Å². The molecule has 4 aromatic rings. The fraction of sp³-hybridized carbons (Fsp3) is 0. The fourth-order valence-corrected chi connectivity index (χ4v) is 2.66. The van der Waals surface area contributed by atoms with E-state index in [2.05, 4.69) is 15.0 Å². The molecule has 5 heteroatoms. The number of rotatable bonds is 4. The van der Waals surface area contributed by atoms with Crippen LogP contribution in [0.1, 0.15) is 0 Å². The van der Waals surface area contributed by atoms with E-state index in [1.54, 1.807) is 0 Å². The highest BCUT2D eigenvalue weighted by Crippen LogP contribution is 2.23. The SMILES string of the molecule is O[B]c1ccc(-c2nc(-c3ccccc3)nc(-c3ccccc3)n2)cc1. The van der Waals surface area contributed by atoms with Gasteiger partial charge in [-0.2, -0.15) is 0 Å². The molecule has 0 unspecified atom stereocenters. The van der Waals surface area contributed by atoms with E-state index in [4.69, 9.17) is 5.02 Å². The van der Waals surface area contributed by atoms with E-state index >= 15 is 0 Å². The average Bonchev–Trinajstić information content (AvgIpc) is 2.75. The molecule has 1 N–H and O–H groups in total. The Morgan fingerprint density at radius 2 is 0.885 bits per heavy atom. The molecule has 0 amide bonds. The highest BCUT2D eigenvalue weighted by atomic mass is 16.2. The molecule has 26 heavy (non-hydrogen) atoms. The number of nitrogens with zero attached hydrogens (tertiary/aromatic N) is 3. The molecular weight excluding hydrogens is 321 g/mol. The Hall–Kier alpha value is -3.31. The summed E-state index contributed by atoms with van der Waals surface area (Å²) < 4.78 is 0. The molecule has 1 radical (unpaired) electrons. The number of aromatic nitrogens is 3. The van der Waals surface area contributed by atoms with Crippen LogP contribution < -0.4 is 5.46 Å². The van der Waals surface area contributed by atoms with Crippen LogP contribution in [0.5, 0.6) is 0 Å². The van der Waals surface area contributed by atoms with Gasteiger partial charge in [0.05, 0.1) is 0 Å². The first-order valence-electron chi connectivity index (χ1n) is 8.28. The van der Waals surface area contributed by atoms with Gasteiger partial charge in [0.2, 0.25) is 0 Å². The van der Waals surface area contributed by atoms with Crippen molar-refractivity contribution < 1.29 is 5.02 Å². The van der Waals surface area contributed by atoms with Crippen molar-refractivity contribution in [3.63, 3.8) is 0 Å². The van der Waals surface area contributed by atoms with Gasteiger partial charge in [-0.05, 0) is 0 Å². The zero-order chi connectivity index (χ0) is 17.8. The van der Waals surface area contributed by atoms with Gasteiger partial charge >= 0.3 is 7.48 Å². The van der Waals surface area contributed by atoms with Gasteiger partial charge in [-0.3, -0.25) is 0 Å². The van der Waals surface area contributed by atoms with Crippen molar-refractivity contribution in [2.24, 2.45) is 0 Å². The molecule has 3 aromatic carbocycles. The minimum atomic E-state index is 0.599. The van der Waals surface area contributed by atoms with Crippen LogP contribution in [-0.2, 0) is 0 Å². The van der Waals surface area contributed by atoms with Crippen molar-refractivity contribution in [3.05, 3.63) is 84.9 Å². The van der Waals surface area contributed by atoms with Gasteiger partial charge in [-0.25, -0.2) is 15.0 Å². The third-order valence-corrected chi connectivity index (χ3v) is 4.02. The molecule has 0 atom stereocenters. The van der Waals surface area contributed by atoms with E-state index in [1.165, 1.54) is 0 Å². The molecule has 123 valence electrons. The largest absolute Gasteiger partial charge is 0.450 e. The Labute approximate surface area is 152 Å². The summed E-state index contributed by atoms with van der Waals surface area (Å²) in [7, 11) is 1.07. The van der Waals surface area contributed by atoms with E-state index in [-0.39, 0.29) is 0 Å². The summed E-state index contributed by atoms with van der Waals surface area (Å²) in [6.07, 6.45) is 0. The van der Waals surface area contributed by atoms with Crippen LogP contribution in [-0.4, -0.2) is 27.5 Å². The predicted octanol–water partition coefficient (Wildman–Crippen LogP) is 3.11. The zero-order valence-electron chi connectivity index (χ0n) is 13.9. The Bertz CT molecular complexity index is 949. The quantitative estimate of drug-likeness (QED) is 0.582. The van der Waals surface area contributed by atoms with E-state index in [9.17, 15) is 0 Å². The lowest BCUT2D eigenvalue weighted by Gasteiger charge is -2.08. The summed E-state index contributed by atoms with van der Waals surface area (Å²) in [6.45, 7) is 0. The van der Waals surface area contributed by atoms with Crippen LogP contribution in [0.2, 0.25) is 0 Å².